The third kappa shape index (κ3) is 1.88. The van der Waals surface area contributed by atoms with Crippen LogP contribution in [0.25, 0.3) is 5.78 Å². The van der Waals surface area contributed by atoms with Crippen LogP contribution < -0.4 is 5.32 Å². The standard InChI is InChI=1S/C13H19N5/c1-8-4-5-14-11(6-8)12-16-17-13-15-9(2)7-10(3)18(12)13/h7-8,11,14H,4-6H2,1-3H3. The average Bonchev–Trinajstić information content (AvgIpc) is 2.72. The molecule has 1 saturated heterocycles. The van der Waals surface area contributed by atoms with Crippen LogP contribution in [0.3, 0.4) is 0 Å². The number of nitrogens with zero attached hydrogens (tertiary/aromatic N) is 4. The van der Waals surface area contributed by atoms with Crippen molar-refractivity contribution in [3.05, 3.63) is 23.3 Å². The van der Waals surface area contributed by atoms with Gasteiger partial charge in [-0.25, -0.2) is 4.98 Å². The topological polar surface area (TPSA) is 55.1 Å². The fourth-order valence-electron chi connectivity index (χ4n) is 2.79. The number of hydrogen-bond acceptors (Lipinski definition) is 4. The predicted molar refractivity (Wildman–Crippen MR) is 69.4 cm³/mol. The first-order valence-electron chi connectivity index (χ1n) is 6.58. The minimum absolute atomic E-state index is 0.298. The van der Waals surface area contributed by atoms with Gasteiger partial charge in [0, 0.05) is 11.4 Å². The SMILES string of the molecule is Cc1cc(C)n2c(C3CC(C)CCN3)nnc2n1. The van der Waals surface area contributed by atoms with Gasteiger partial charge >= 0.3 is 0 Å². The molecule has 18 heavy (non-hydrogen) atoms. The Labute approximate surface area is 107 Å². The van der Waals surface area contributed by atoms with Crippen molar-refractivity contribution in [1.29, 1.82) is 0 Å². The Kier molecular flexibility index (Phi) is 2.78. The van der Waals surface area contributed by atoms with Gasteiger partial charge in [0.2, 0.25) is 0 Å². The minimum atomic E-state index is 0.298. The summed E-state index contributed by atoms with van der Waals surface area (Å²) in [6, 6.07) is 2.37. The van der Waals surface area contributed by atoms with Gasteiger partial charge in [-0.05, 0) is 45.2 Å². The molecule has 2 aromatic rings. The Balaban J connectivity index is 2.07. The van der Waals surface area contributed by atoms with E-state index < -0.39 is 0 Å². The van der Waals surface area contributed by atoms with E-state index >= 15 is 0 Å². The number of hydrogen-bond donors (Lipinski definition) is 1. The molecule has 0 amide bonds. The van der Waals surface area contributed by atoms with Gasteiger partial charge in [-0.2, -0.15) is 0 Å². The van der Waals surface area contributed by atoms with Gasteiger partial charge in [0.25, 0.3) is 5.78 Å². The van der Waals surface area contributed by atoms with Gasteiger partial charge in [-0.3, -0.25) is 4.40 Å². The molecule has 1 fully saturated rings. The fraction of sp³-hybridized carbons (Fsp3) is 0.615. The third-order valence-electron chi connectivity index (χ3n) is 3.70. The van der Waals surface area contributed by atoms with Crippen LogP contribution in [-0.2, 0) is 0 Å². The van der Waals surface area contributed by atoms with Crippen LogP contribution in [0.2, 0.25) is 0 Å². The molecule has 2 unspecified atom stereocenters. The quantitative estimate of drug-likeness (QED) is 0.832. The van der Waals surface area contributed by atoms with E-state index in [9.17, 15) is 0 Å². The average molecular weight is 245 g/mol. The summed E-state index contributed by atoms with van der Waals surface area (Å²) >= 11 is 0. The maximum Gasteiger partial charge on any atom is 0.255 e. The second kappa shape index (κ2) is 4.31. The highest BCUT2D eigenvalue weighted by atomic mass is 15.3. The van der Waals surface area contributed by atoms with Crippen LogP contribution in [-0.4, -0.2) is 26.1 Å². The fourth-order valence-corrected chi connectivity index (χ4v) is 2.79. The molecule has 96 valence electrons. The highest BCUT2D eigenvalue weighted by Gasteiger charge is 2.24. The number of piperidine rings is 1. The van der Waals surface area contributed by atoms with Crippen molar-refractivity contribution in [3.63, 3.8) is 0 Å². The lowest BCUT2D eigenvalue weighted by molar-refractivity contribution is 0.314. The van der Waals surface area contributed by atoms with Crippen molar-refractivity contribution in [2.75, 3.05) is 6.54 Å². The first kappa shape index (κ1) is 11.6. The molecule has 0 radical (unpaired) electrons. The summed E-state index contributed by atoms with van der Waals surface area (Å²) in [6.45, 7) is 7.43. The largest absolute Gasteiger partial charge is 0.307 e. The molecule has 5 heteroatoms. The molecule has 1 N–H and O–H groups in total. The van der Waals surface area contributed by atoms with Crippen LogP contribution in [0.4, 0.5) is 0 Å². The lowest BCUT2D eigenvalue weighted by Gasteiger charge is -2.27. The van der Waals surface area contributed by atoms with Gasteiger partial charge in [-0.15, -0.1) is 10.2 Å². The molecule has 3 rings (SSSR count). The van der Waals surface area contributed by atoms with Gasteiger partial charge < -0.3 is 5.32 Å². The minimum Gasteiger partial charge on any atom is -0.307 e. The van der Waals surface area contributed by atoms with Crippen LogP contribution in [0.1, 0.15) is 43.0 Å². The Morgan fingerprint density at radius 2 is 2.17 bits per heavy atom. The van der Waals surface area contributed by atoms with Crippen LogP contribution in [0, 0.1) is 19.8 Å². The van der Waals surface area contributed by atoms with Crippen molar-refractivity contribution in [2.45, 2.75) is 39.7 Å². The molecule has 1 aliphatic heterocycles. The van der Waals surface area contributed by atoms with E-state index in [4.69, 9.17) is 0 Å². The van der Waals surface area contributed by atoms with E-state index in [1.54, 1.807) is 0 Å². The molecular weight excluding hydrogens is 226 g/mol. The van der Waals surface area contributed by atoms with Crippen molar-refractivity contribution in [1.82, 2.24) is 24.9 Å². The van der Waals surface area contributed by atoms with Crippen LogP contribution in [0.5, 0.6) is 0 Å². The molecule has 0 aromatic carbocycles. The summed E-state index contributed by atoms with van der Waals surface area (Å²) in [5.41, 5.74) is 2.14. The van der Waals surface area contributed by atoms with Gasteiger partial charge in [0.05, 0.1) is 6.04 Å². The number of aryl methyl sites for hydroxylation is 2. The Morgan fingerprint density at radius 3 is 2.94 bits per heavy atom. The molecule has 1 aliphatic rings. The van der Waals surface area contributed by atoms with Crippen molar-refractivity contribution in [3.8, 4) is 0 Å². The third-order valence-corrected chi connectivity index (χ3v) is 3.70. The van der Waals surface area contributed by atoms with E-state index in [2.05, 4.69) is 44.8 Å². The summed E-state index contributed by atoms with van der Waals surface area (Å²) in [6.07, 6.45) is 2.36. The smallest absolute Gasteiger partial charge is 0.255 e. The molecular formula is C13H19N5. The number of rotatable bonds is 1. The van der Waals surface area contributed by atoms with Gasteiger partial charge in [0.1, 0.15) is 0 Å². The van der Waals surface area contributed by atoms with E-state index in [0.717, 1.165) is 36.1 Å². The molecule has 0 bridgehead atoms. The number of aromatic nitrogens is 4. The first-order chi connectivity index (χ1) is 8.65. The van der Waals surface area contributed by atoms with E-state index in [-0.39, 0.29) is 0 Å². The summed E-state index contributed by atoms with van der Waals surface area (Å²) in [4.78, 5) is 4.43. The summed E-state index contributed by atoms with van der Waals surface area (Å²) < 4.78 is 2.07. The number of nitrogens with one attached hydrogen (secondary N) is 1. The Hall–Kier alpha value is -1.49. The summed E-state index contributed by atoms with van der Waals surface area (Å²) in [5.74, 6) is 2.45. The lowest BCUT2D eigenvalue weighted by Crippen LogP contribution is -2.32. The molecule has 0 saturated carbocycles. The second-order valence-corrected chi connectivity index (χ2v) is 5.37. The van der Waals surface area contributed by atoms with Crippen LogP contribution >= 0.6 is 0 Å². The summed E-state index contributed by atoms with van der Waals surface area (Å²) in [7, 11) is 0. The second-order valence-electron chi connectivity index (χ2n) is 5.37. The van der Waals surface area contributed by atoms with Gasteiger partial charge in [0.15, 0.2) is 5.82 Å². The van der Waals surface area contributed by atoms with Crippen molar-refractivity contribution >= 4 is 5.78 Å². The van der Waals surface area contributed by atoms with Crippen molar-refractivity contribution in [2.24, 2.45) is 5.92 Å². The zero-order chi connectivity index (χ0) is 12.7. The normalized spacial score (nSPS) is 24.6. The molecule has 0 aliphatic carbocycles. The molecule has 2 aromatic heterocycles. The highest BCUT2D eigenvalue weighted by molar-refractivity contribution is 5.33. The molecule has 0 spiro atoms. The zero-order valence-electron chi connectivity index (χ0n) is 11.1. The molecule has 5 nitrogen and oxygen atoms in total. The van der Waals surface area contributed by atoms with E-state index in [1.807, 2.05) is 6.92 Å². The monoisotopic (exact) mass is 245 g/mol. The van der Waals surface area contributed by atoms with E-state index in [0.29, 0.717) is 11.8 Å². The van der Waals surface area contributed by atoms with Gasteiger partial charge in [-0.1, -0.05) is 6.92 Å². The zero-order valence-corrected chi connectivity index (χ0v) is 11.1. The Bertz CT molecular complexity index is 574. The lowest BCUT2D eigenvalue weighted by atomic mass is 9.94. The molecule has 2 atom stereocenters. The van der Waals surface area contributed by atoms with Crippen LogP contribution in [0.15, 0.2) is 6.07 Å². The van der Waals surface area contributed by atoms with E-state index in [1.165, 1.54) is 6.42 Å². The maximum atomic E-state index is 4.43. The van der Waals surface area contributed by atoms with Crippen molar-refractivity contribution < 1.29 is 0 Å². The Morgan fingerprint density at radius 1 is 1.33 bits per heavy atom. The predicted octanol–water partition coefficient (Wildman–Crippen LogP) is 1.80. The first-order valence-corrected chi connectivity index (χ1v) is 6.58. The highest BCUT2D eigenvalue weighted by Crippen LogP contribution is 2.26. The number of fused-ring (bicyclic) bond motifs is 1. The maximum absolute atomic E-state index is 4.43. The summed E-state index contributed by atoms with van der Waals surface area (Å²) in [5, 5.41) is 12.1. The molecule has 3 heterocycles.